The van der Waals surface area contributed by atoms with Crippen LogP contribution in [-0.2, 0) is 9.59 Å². The molecule has 1 aliphatic rings. The fraction of sp³-hybridized carbons (Fsp3) is 0.846. The smallest absolute Gasteiger partial charge is 0.239 e. The van der Waals surface area contributed by atoms with Gasteiger partial charge in [-0.3, -0.25) is 9.59 Å². The van der Waals surface area contributed by atoms with Crippen LogP contribution in [0.4, 0.5) is 0 Å². The van der Waals surface area contributed by atoms with E-state index in [-0.39, 0.29) is 35.9 Å². The maximum Gasteiger partial charge on any atom is 0.239 e. The number of hydrogen-bond donors (Lipinski definition) is 3. The summed E-state index contributed by atoms with van der Waals surface area (Å²) >= 11 is 0. The van der Waals surface area contributed by atoms with Crippen LogP contribution in [0.15, 0.2) is 0 Å². The molecule has 0 aliphatic heterocycles. The predicted molar refractivity (Wildman–Crippen MR) is 70.8 cm³/mol. The minimum absolute atomic E-state index is 0.0397. The summed E-state index contributed by atoms with van der Waals surface area (Å²) in [5.41, 5.74) is 5.64. The van der Waals surface area contributed by atoms with Crippen molar-refractivity contribution in [2.24, 2.45) is 11.7 Å². The van der Waals surface area contributed by atoms with Crippen molar-refractivity contribution in [2.75, 3.05) is 6.54 Å². The van der Waals surface area contributed by atoms with Crippen LogP contribution in [0.1, 0.15) is 46.5 Å². The number of nitrogens with one attached hydrogen (secondary N) is 2. The van der Waals surface area contributed by atoms with Crippen LogP contribution in [0.5, 0.6) is 0 Å². The summed E-state index contributed by atoms with van der Waals surface area (Å²) in [5.74, 6) is 0.0312. The first-order chi connectivity index (χ1) is 8.28. The van der Waals surface area contributed by atoms with E-state index in [4.69, 9.17) is 5.73 Å². The number of rotatable bonds is 4. The van der Waals surface area contributed by atoms with Gasteiger partial charge in [0, 0.05) is 18.0 Å². The highest BCUT2D eigenvalue weighted by molar-refractivity contribution is 5.85. The molecule has 5 heteroatoms. The molecular weight excluding hydrogens is 230 g/mol. The molecule has 0 saturated heterocycles. The highest BCUT2D eigenvalue weighted by Gasteiger charge is 2.26. The predicted octanol–water partition coefficient (Wildman–Crippen LogP) is 0.535. The third kappa shape index (κ3) is 5.49. The zero-order valence-electron chi connectivity index (χ0n) is 11.6. The molecule has 0 unspecified atom stereocenters. The van der Waals surface area contributed by atoms with Crippen LogP contribution in [0.3, 0.4) is 0 Å². The summed E-state index contributed by atoms with van der Waals surface area (Å²) in [5, 5.41) is 5.44. The summed E-state index contributed by atoms with van der Waals surface area (Å²) < 4.78 is 0. The van der Waals surface area contributed by atoms with Gasteiger partial charge in [-0.05, 0) is 39.5 Å². The van der Waals surface area contributed by atoms with E-state index in [2.05, 4.69) is 10.6 Å². The minimum atomic E-state index is -0.268. The maximum absolute atomic E-state index is 11.7. The fourth-order valence-corrected chi connectivity index (χ4v) is 2.27. The van der Waals surface area contributed by atoms with E-state index in [9.17, 15) is 9.59 Å². The third-order valence-electron chi connectivity index (χ3n) is 3.13. The molecule has 0 aromatic rings. The van der Waals surface area contributed by atoms with Crippen LogP contribution < -0.4 is 16.4 Å². The van der Waals surface area contributed by atoms with Gasteiger partial charge >= 0.3 is 0 Å². The van der Waals surface area contributed by atoms with Gasteiger partial charge in [0.05, 0.1) is 6.54 Å². The fourth-order valence-electron chi connectivity index (χ4n) is 2.27. The molecule has 1 fully saturated rings. The van der Waals surface area contributed by atoms with E-state index in [1.54, 1.807) is 0 Å². The van der Waals surface area contributed by atoms with Crippen molar-refractivity contribution in [3.63, 3.8) is 0 Å². The third-order valence-corrected chi connectivity index (χ3v) is 3.13. The highest BCUT2D eigenvalue weighted by atomic mass is 16.2. The molecule has 4 N–H and O–H groups in total. The SMILES string of the molecule is CC(C)(C)NC(=O)CNC(=O)C[C@@H]1CCC[C@H]1N. The Balaban J connectivity index is 2.23. The van der Waals surface area contributed by atoms with Crippen molar-refractivity contribution >= 4 is 11.8 Å². The van der Waals surface area contributed by atoms with Gasteiger partial charge in [0.25, 0.3) is 0 Å². The van der Waals surface area contributed by atoms with Crippen molar-refractivity contribution in [2.45, 2.75) is 58.0 Å². The Morgan fingerprint density at radius 1 is 1.22 bits per heavy atom. The first-order valence-electron chi connectivity index (χ1n) is 6.61. The standard InChI is InChI=1S/C13H25N3O2/c1-13(2,3)16-12(18)8-15-11(17)7-9-5-4-6-10(9)14/h9-10H,4-8,14H2,1-3H3,(H,15,17)(H,16,18)/t9-,10+/m0/s1. The number of hydrogen-bond acceptors (Lipinski definition) is 3. The normalized spacial score (nSPS) is 23.8. The molecule has 0 radical (unpaired) electrons. The second kappa shape index (κ2) is 6.18. The van der Waals surface area contributed by atoms with Crippen molar-refractivity contribution in [3.8, 4) is 0 Å². The molecule has 0 aromatic carbocycles. The first-order valence-corrected chi connectivity index (χ1v) is 6.61. The van der Waals surface area contributed by atoms with E-state index in [0.29, 0.717) is 6.42 Å². The lowest BCUT2D eigenvalue weighted by Gasteiger charge is -2.21. The lowest BCUT2D eigenvalue weighted by molar-refractivity contribution is -0.127. The van der Waals surface area contributed by atoms with E-state index in [1.807, 2.05) is 20.8 Å². The van der Waals surface area contributed by atoms with Crippen molar-refractivity contribution < 1.29 is 9.59 Å². The molecule has 1 saturated carbocycles. The van der Waals surface area contributed by atoms with E-state index < -0.39 is 0 Å². The summed E-state index contributed by atoms with van der Waals surface area (Å²) in [6.45, 7) is 5.76. The average Bonchev–Trinajstić information content (AvgIpc) is 2.59. The molecule has 5 nitrogen and oxygen atoms in total. The molecule has 18 heavy (non-hydrogen) atoms. The Bertz CT molecular complexity index is 310. The van der Waals surface area contributed by atoms with Gasteiger partial charge in [-0.1, -0.05) is 6.42 Å². The zero-order chi connectivity index (χ0) is 13.8. The quantitative estimate of drug-likeness (QED) is 0.685. The van der Waals surface area contributed by atoms with E-state index in [1.165, 1.54) is 0 Å². The highest BCUT2D eigenvalue weighted by Crippen LogP contribution is 2.26. The Hall–Kier alpha value is -1.10. The van der Waals surface area contributed by atoms with Crippen LogP contribution in [-0.4, -0.2) is 29.9 Å². The van der Waals surface area contributed by atoms with Gasteiger partial charge in [-0.25, -0.2) is 0 Å². The molecule has 0 aromatic heterocycles. The van der Waals surface area contributed by atoms with Crippen LogP contribution >= 0.6 is 0 Å². The molecule has 104 valence electrons. The van der Waals surface area contributed by atoms with Gasteiger partial charge in [-0.15, -0.1) is 0 Å². The Kier molecular flexibility index (Phi) is 5.14. The van der Waals surface area contributed by atoms with Crippen LogP contribution in [0, 0.1) is 5.92 Å². The van der Waals surface area contributed by atoms with Gasteiger partial charge in [0.2, 0.25) is 11.8 Å². The molecule has 0 bridgehead atoms. The second-order valence-corrected chi connectivity index (χ2v) is 6.13. The Labute approximate surface area is 109 Å². The second-order valence-electron chi connectivity index (χ2n) is 6.13. The Morgan fingerprint density at radius 2 is 1.89 bits per heavy atom. The first kappa shape index (κ1) is 15.0. The monoisotopic (exact) mass is 255 g/mol. The van der Waals surface area contributed by atoms with E-state index in [0.717, 1.165) is 19.3 Å². The number of amides is 2. The summed E-state index contributed by atoms with van der Waals surface area (Å²) in [7, 11) is 0. The maximum atomic E-state index is 11.7. The molecular formula is C13H25N3O2. The average molecular weight is 255 g/mol. The van der Waals surface area contributed by atoms with Crippen molar-refractivity contribution in [1.29, 1.82) is 0 Å². The Morgan fingerprint density at radius 3 is 2.39 bits per heavy atom. The van der Waals surface area contributed by atoms with Crippen LogP contribution in [0.2, 0.25) is 0 Å². The lowest BCUT2D eigenvalue weighted by atomic mass is 10.00. The van der Waals surface area contributed by atoms with Crippen LogP contribution in [0.25, 0.3) is 0 Å². The molecule has 1 aliphatic carbocycles. The molecule has 2 atom stereocenters. The topological polar surface area (TPSA) is 84.2 Å². The molecule has 0 heterocycles. The van der Waals surface area contributed by atoms with Gasteiger partial charge in [0.1, 0.15) is 0 Å². The molecule has 0 spiro atoms. The zero-order valence-corrected chi connectivity index (χ0v) is 11.6. The lowest BCUT2D eigenvalue weighted by Crippen LogP contribution is -2.46. The number of nitrogens with two attached hydrogens (primary N) is 1. The molecule has 1 rings (SSSR count). The number of carbonyl (C=O) groups is 2. The summed E-state index contributed by atoms with van der Waals surface area (Å²) in [4.78, 5) is 23.2. The molecule has 2 amide bonds. The summed E-state index contributed by atoms with van der Waals surface area (Å²) in [6, 6.07) is 0.138. The van der Waals surface area contributed by atoms with E-state index >= 15 is 0 Å². The largest absolute Gasteiger partial charge is 0.350 e. The number of carbonyl (C=O) groups excluding carboxylic acids is 2. The summed E-state index contributed by atoms with van der Waals surface area (Å²) in [6.07, 6.45) is 3.55. The van der Waals surface area contributed by atoms with Gasteiger partial charge < -0.3 is 16.4 Å². The minimum Gasteiger partial charge on any atom is -0.350 e. The van der Waals surface area contributed by atoms with Gasteiger partial charge in [0.15, 0.2) is 0 Å². The van der Waals surface area contributed by atoms with Crippen molar-refractivity contribution in [1.82, 2.24) is 10.6 Å². The van der Waals surface area contributed by atoms with Crippen molar-refractivity contribution in [3.05, 3.63) is 0 Å². The van der Waals surface area contributed by atoms with Gasteiger partial charge in [-0.2, -0.15) is 0 Å².